The number of nitrogens with zero attached hydrogens (tertiary/aromatic N) is 1. The van der Waals surface area contributed by atoms with Crippen molar-refractivity contribution in [2.24, 2.45) is 5.92 Å². The fourth-order valence-electron chi connectivity index (χ4n) is 3.04. The van der Waals surface area contributed by atoms with Gasteiger partial charge in [-0.05, 0) is 55.2 Å². The lowest BCUT2D eigenvalue weighted by Crippen LogP contribution is -2.06. The molecule has 90 valence electrons. The summed E-state index contributed by atoms with van der Waals surface area (Å²) in [5.74, 6) is 1.42. The molecule has 0 radical (unpaired) electrons. The third-order valence-electron chi connectivity index (χ3n) is 3.95. The molecule has 2 atom stereocenters. The molecule has 1 N–H and O–H groups in total. The van der Waals surface area contributed by atoms with Gasteiger partial charge < -0.3 is 5.11 Å². The van der Waals surface area contributed by atoms with Gasteiger partial charge in [0.1, 0.15) is 5.75 Å². The van der Waals surface area contributed by atoms with E-state index in [1.807, 2.05) is 13.8 Å². The zero-order valence-corrected chi connectivity index (χ0v) is 10.5. The molecule has 0 saturated heterocycles. The molecule has 0 unspecified atom stereocenters. The van der Waals surface area contributed by atoms with Crippen LogP contribution in [0.3, 0.4) is 0 Å². The molecule has 1 aliphatic rings. The minimum atomic E-state index is 0.406. The van der Waals surface area contributed by atoms with E-state index in [2.05, 4.69) is 18.2 Å². The molecule has 1 aromatic carbocycles. The van der Waals surface area contributed by atoms with E-state index in [0.717, 1.165) is 17.5 Å². The third kappa shape index (κ3) is 2.29. The molecule has 2 nitrogen and oxygen atoms in total. The number of hydrogen-bond donors (Lipinski definition) is 1. The number of nitriles is 1. The molecule has 0 amide bonds. The molecular weight excluding hydrogens is 210 g/mol. The first-order valence-corrected chi connectivity index (χ1v) is 6.30. The topological polar surface area (TPSA) is 44.0 Å². The van der Waals surface area contributed by atoms with Gasteiger partial charge in [0.05, 0.1) is 6.07 Å². The predicted molar refractivity (Wildman–Crippen MR) is 67.9 cm³/mol. The summed E-state index contributed by atoms with van der Waals surface area (Å²) in [6.45, 7) is 3.89. The number of aryl methyl sites for hydroxylation is 2. The number of benzene rings is 1. The Labute approximate surface area is 103 Å². The predicted octanol–water partition coefficient (Wildman–Crippen LogP) is 3.81. The van der Waals surface area contributed by atoms with Crippen LogP contribution in [0.1, 0.15) is 48.3 Å². The SMILES string of the molecule is Cc1cc([C@@H]2CCC[C@H]2CC#N)cc(C)c1O. The van der Waals surface area contributed by atoms with Gasteiger partial charge in [-0.3, -0.25) is 0 Å². The highest BCUT2D eigenvalue weighted by atomic mass is 16.3. The van der Waals surface area contributed by atoms with Crippen molar-refractivity contribution in [2.45, 2.75) is 45.4 Å². The lowest BCUT2D eigenvalue weighted by Gasteiger charge is -2.19. The van der Waals surface area contributed by atoms with E-state index in [0.29, 0.717) is 24.0 Å². The number of phenols is 1. The molecule has 0 aliphatic heterocycles. The Bertz CT molecular complexity index is 435. The van der Waals surface area contributed by atoms with Crippen molar-refractivity contribution in [3.63, 3.8) is 0 Å². The first-order chi connectivity index (χ1) is 8.13. The molecule has 0 heterocycles. The maximum Gasteiger partial charge on any atom is 0.121 e. The zero-order valence-electron chi connectivity index (χ0n) is 10.5. The Hall–Kier alpha value is -1.49. The quantitative estimate of drug-likeness (QED) is 0.838. The number of aromatic hydroxyl groups is 1. The van der Waals surface area contributed by atoms with Gasteiger partial charge in [-0.25, -0.2) is 0 Å². The molecule has 1 fully saturated rings. The Morgan fingerprint density at radius 1 is 1.29 bits per heavy atom. The van der Waals surface area contributed by atoms with Crippen LogP contribution in [0.4, 0.5) is 0 Å². The molecule has 1 aromatic rings. The maximum absolute atomic E-state index is 9.79. The van der Waals surface area contributed by atoms with Crippen LogP contribution in [0.25, 0.3) is 0 Å². The van der Waals surface area contributed by atoms with E-state index in [1.54, 1.807) is 0 Å². The van der Waals surface area contributed by atoms with E-state index >= 15 is 0 Å². The summed E-state index contributed by atoms with van der Waals surface area (Å²) in [5, 5.41) is 18.6. The summed E-state index contributed by atoms with van der Waals surface area (Å²) >= 11 is 0. The molecule has 2 rings (SSSR count). The summed E-state index contributed by atoms with van der Waals surface area (Å²) in [5.41, 5.74) is 3.20. The van der Waals surface area contributed by atoms with Crippen molar-refractivity contribution in [3.8, 4) is 11.8 Å². The summed E-state index contributed by atoms with van der Waals surface area (Å²) in [7, 11) is 0. The van der Waals surface area contributed by atoms with Gasteiger partial charge in [0, 0.05) is 6.42 Å². The van der Waals surface area contributed by atoms with Crippen LogP contribution in [0, 0.1) is 31.1 Å². The lowest BCUT2D eigenvalue weighted by molar-refractivity contribution is 0.463. The minimum absolute atomic E-state index is 0.406. The second-order valence-corrected chi connectivity index (χ2v) is 5.16. The van der Waals surface area contributed by atoms with Crippen LogP contribution < -0.4 is 0 Å². The third-order valence-corrected chi connectivity index (χ3v) is 3.95. The second kappa shape index (κ2) is 4.79. The molecule has 1 aliphatic carbocycles. The Morgan fingerprint density at radius 3 is 2.53 bits per heavy atom. The largest absolute Gasteiger partial charge is 0.507 e. The van der Waals surface area contributed by atoms with Crippen molar-refractivity contribution in [1.29, 1.82) is 5.26 Å². The Kier molecular flexibility index (Phi) is 3.38. The van der Waals surface area contributed by atoms with E-state index in [9.17, 15) is 5.11 Å². The van der Waals surface area contributed by atoms with Gasteiger partial charge in [-0.1, -0.05) is 18.6 Å². The molecule has 17 heavy (non-hydrogen) atoms. The average molecular weight is 229 g/mol. The monoisotopic (exact) mass is 229 g/mol. The molecule has 2 heteroatoms. The summed E-state index contributed by atoms with van der Waals surface area (Å²) < 4.78 is 0. The van der Waals surface area contributed by atoms with Gasteiger partial charge >= 0.3 is 0 Å². The fraction of sp³-hybridized carbons (Fsp3) is 0.533. The summed E-state index contributed by atoms with van der Waals surface area (Å²) in [6.07, 6.45) is 4.22. The van der Waals surface area contributed by atoms with Crippen LogP contribution >= 0.6 is 0 Å². The van der Waals surface area contributed by atoms with Crippen molar-refractivity contribution in [3.05, 3.63) is 28.8 Å². The van der Waals surface area contributed by atoms with Crippen LogP contribution in [0.15, 0.2) is 12.1 Å². The highest BCUT2D eigenvalue weighted by Crippen LogP contribution is 2.42. The molecule has 0 bridgehead atoms. The average Bonchev–Trinajstić information content (AvgIpc) is 2.74. The van der Waals surface area contributed by atoms with E-state index in [4.69, 9.17) is 5.26 Å². The molecule has 1 saturated carbocycles. The lowest BCUT2D eigenvalue weighted by atomic mass is 9.85. The number of rotatable bonds is 2. The van der Waals surface area contributed by atoms with Gasteiger partial charge in [-0.15, -0.1) is 0 Å². The molecule has 0 spiro atoms. The number of phenolic OH excluding ortho intramolecular Hbond substituents is 1. The van der Waals surface area contributed by atoms with Crippen molar-refractivity contribution < 1.29 is 5.11 Å². The van der Waals surface area contributed by atoms with E-state index in [1.165, 1.54) is 18.4 Å². The highest BCUT2D eigenvalue weighted by Gasteiger charge is 2.28. The fourth-order valence-corrected chi connectivity index (χ4v) is 3.04. The Morgan fingerprint density at radius 2 is 1.94 bits per heavy atom. The number of hydrogen-bond acceptors (Lipinski definition) is 2. The van der Waals surface area contributed by atoms with Crippen LogP contribution in [0.2, 0.25) is 0 Å². The normalized spacial score (nSPS) is 23.6. The second-order valence-electron chi connectivity index (χ2n) is 5.16. The standard InChI is InChI=1S/C15H19NO/c1-10-8-13(9-11(2)15(10)17)14-5-3-4-12(14)6-7-16/h8-9,12,14,17H,3-6H2,1-2H3/t12-,14+/m0/s1. The molecule has 0 aromatic heterocycles. The summed E-state index contributed by atoms with van der Waals surface area (Å²) in [4.78, 5) is 0. The van der Waals surface area contributed by atoms with E-state index in [-0.39, 0.29) is 0 Å². The van der Waals surface area contributed by atoms with Crippen molar-refractivity contribution >= 4 is 0 Å². The Balaban J connectivity index is 2.31. The van der Waals surface area contributed by atoms with Crippen LogP contribution in [-0.4, -0.2) is 5.11 Å². The van der Waals surface area contributed by atoms with E-state index < -0.39 is 0 Å². The first kappa shape index (κ1) is 12.0. The molecular formula is C15H19NO. The first-order valence-electron chi connectivity index (χ1n) is 6.30. The van der Waals surface area contributed by atoms with Crippen molar-refractivity contribution in [1.82, 2.24) is 0 Å². The van der Waals surface area contributed by atoms with Gasteiger partial charge in [0.25, 0.3) is 0 Å². The minimum Gasteiger partial charge on any atom is -0.507 e. The smallest absolute Gasteiger partial charge is 0.121 e. The summed E-state index contributed by atoms with van der Waals surface area (Å²) in [6, 6.07) is 6.47. The van der Waals surface area contributed by atoms with Crippen LogP contribution in [-0.2, 0) is 0 Å². The highest BCUT2D eigenvalue weighted by molar-refractivity contribution is 5.43. The van der Waals surface area contributed by atoms with Crippen LogP contribution in [0.5, 0.6) is 5.75 Å². The maximum atomic E-state index is 9.79. The van der Waals surface area contributed by atoms with Gasteiger partial charge in [0.15, 0.2) is 0 Å². The van der Waals surface area contributed by atoms with Gasteiger partial charge in [0.2, 0.25) is 0 Å². The van der Waals surface area contributed by atoms with Crippen molar-refractivity contribution in [2.75, 3.05) is 0 Å². The van der Waals surface area contributed by atoms with Gasteiger partial charge in [-0.2, -0.15) is 5.26 Å². The zero-order chi connectivity index (χ0) is 12.4.